The van der Waals surface area contributed by atoms with Crippen LogP contribution in [-0.2, 0) is 15.4 Å². The van der Waals surface area contributed by atoms with E-state index in [4.69, 9.17) is 9.47 Å². The Labute approximate surface area is 184 Å². The number of nitrogens with zero attached hydrogens (tertiary/aromatic N) is 2. The molecule has 3 rings (SSSR count). The van der Waals surface area contributed by atoms with E-state index in [9.17, 15) is 13.2 Å². The van der Waals surface area contributed by atoms with Crippen molar-refractivity contribution in [2.75, 3.05) is 40.4 Å². The topological polar surface area (TPSA) is 76.2 Å². The van der Waals surface area contributed by atoms with Crippen molar-refractivity contribution in [2.24, 2.45) is 0 Å². The minimum absolute atomic E-state index is 0.0446. The van der Waals surface area contributed by atoms with Crippen LogP contribution in [0.3, 0.4) is 0 Å². The molecule has 8 heteroatoms. The van der Waals surface area contributed by atoms with Gasteiger partial charge in [-0.2, -0.15) is 4.31 Å². The Kier molecular flexibility index (Phi) is 6.62. The number of benzene rings is 2. The van der Waals surface area contributed by atoms with Crippen LogP contribution in [0.2, 0.25) is 0 Å². The van der Waals surface area contributed by atoms with E-state index in [2.05, 4.69) is 20.8 Å². The number of methoxy groups -OCH3 is 2. The van der Waals surface area contributed by atoms with Gasteiger partial charge in [0.25, 0.3) is 5.91 Å². The molecule has 168 valence electrons. The Bertz CT molecular complexity index is 1010. The van der Waals surface area contributed by atoms with Crippen LogP contribution < -0.4 is 9.47 Å². The van der Waals surface area contributed by atoms with Crippen molar-refractivity contribution >= 4 is 15.9 Å². The molecule has 1 aliphatic heterocycles. The summed E-state index contributed by atoms with van der Waals surface area (Å²) in [5.74, 6) is 0.883. The van der Waals surface area contributed by atoms with Crippen LogP contribution in [0.5, 0.6) is 11.5 Å². The molecule has 0 radical (unpaired) electrons. The molecule has 0 aliphatic carbocycles. The fourth-order valence-electron chi connectivity index (χ4n) is 3.52. The smallest absolute Gasteiger partial charge is 0.254 e. The molecule has 1 fully saturated rings. The van der Waals surface area contributed by atoms with E-state index in [0.717, 1.165) is 5.56 Å². The zero-order valence-corrected chi connectivity index (χ0v) is 19.5. The summed E-state index contributed by atoms with van der Waals surface area (Å²) in [6.07, 6.45) is 0. The average molecular weight is 447 g/mol. The zero-order chi connectivity index (χ0) is 22.8. The van der Waals surface area contributed by atoms with E-state index >= 15 is 0 Å². The fraction of sp³-hybridized carbons (Fsp3) is 0.435. The molecule has 0 bridgehead atoms. The molecule has 2 aromatic carbocycles. The number of amides is 1. The highest BCUT2D eigenvalue weighted by atomic mass is 32.2. The summed E-state index contributed by atoms with van der Waals surface area (Å²) in [4.78, 5) is 14.9. The number of sulfonamides is 1. The molecular weight excluding hydrogens is 416 g/mol. The summed E-state index contributed by atoms with van der Waals surface area (Å²) in [5.41, 5.74) is 1.48. The van der Waals surface area contributed by atoms with Crippen LogP contribution in [0, 0.1) is 0 Å². The van der Waals surface area contributed by atoms with Gasteiger partial charge in [-0.1, -0.05) is 32.9 Å². The second-order valence-corrected chi connectivity index (χ2v) is 10.5. The van der Waals surface area contributed by atoms with Crippen LogP contribution in [-0.4, -0.2) is 63.9 Å². The summed E-state index contributed by atoms with van der Waals surface area (Å²) in [6, 6.07) is 12.1. The maximum absolute atomic E-state index is 13.1. The molecule has 1 amide bonds. The van der Waals surface area contributed by atoms with Crippen LogP contribution >= 0.6 is 0 Å². The molecule has 7 nitrogen and oxygen atoms in total. The molecule has 0 spiro atoms. The lowest BCUT2D eigenvalue weighted by Crippen LogP contribution is -2.50. The molecule has 0 aromatic heterocycles. The number of carbonyl (C=O) groups excluding carboxylic acids is 1. The zero-order valence-electron chi connectivity index (χ0n) is 18.7. The maximum Gasteiger partial charge on any atom is 0.254 e. The van der Waals surface area contributed by atoms with Gasteiger partial charge in [-0.25, -0.2) is 8.42 Å². The molecule has 0 N–H and O–H groups in total. The second-order valence-electron chi connectivity index (χ2n) is 8.57. The van der Waals surface area contributed by atoms with E-state index in [1.165, 1.54) is 18.5 Å². The van der Waals surface area contributed by atoms with Crippen LogP contribution in [0.25, 0.3) is 0 Å². The number of ether oxygens (including phenoxy) is 2. The molecule has 31 heavy (non-hydrogen) atoms. The third-order valence-electron chi connectivity index (χ3n) is 5.48. The average Bonchev–Trinajstić information content (AvgIpc) is 2.77. The van der Waals surface area contributed by atoms with Crippen LogP contribution in [0.4, 0.5) is 0 Å². The van der Waals surface area contributed by atoms with E-state index in [1.807, 2.05) is 12.1 Å². The fourth-order valence-corrected chi connectivity index (χ4v) is 4.94. The number of rotatable bonds is 5. The molecule has 0 saturated carbocycles. The van der Waals surface area contributed by atoms with E-state index < -0.39 is 10.0 Å². The van der Waals surface area contributed by atoms with Crippen molar-refractivity contribution < 1.29 is 22.7 Å². The highest BCUT2D eigenvalue weighted by Gasteiger charge is 2.31. The van der Waals surface area contributed by atoms with Gasteiger partial charge >= 0.3 is 0 Å². The molecule has 2 aromatic rings. The number of carbonyl (C=O) groups is 1. The van der Waals surface area contributed by atoms with E-state index in [-0.39, 0.29) is 29.3 Å². The first-order valence-electron chi connectivity index (χ1n) is 10.2. The van der Waals surface area contributed by atoms with Gasteiger partial charge in [0, 0.05) is 37.8 Å². The summed E-state index contributed by atoms with van der Waals surface area (Å²) in [5, 5.41) is 0. The van der Waals surface area contributed by atoms with Crippen molar-refractivity contribution in [3.8, 4) is 11.5 Å². The van der Waals surface area contributed by atoms with Crippen molar-refractivity contribution in [2.45, 2.75) is 31.1 Å². The molecule has 0 atom stereocenters. The largest absolute Gasteiger partial charge is 0.497 e. The quantitative estimate of drug-likeness (QED) is 0.705. The standard InChI is InChI=1S/C23H30N2O5S/c1-23(2,3)18-6-8-21(9-7-18)31(27,28)25-12-10-24(11-13-25)22(26)17-14-19(29-4)16-20(15-17)30-5/h6-9,14-16H,10-13H2,1-5H3. The molecule has 1 heterocycles. The minimum Gasteiger partial charge on any atom is -0.497 e. The van der Waals surface area contributed by atoms with Crippen molar-refractivity contribution in [3.63, 3.8) is 0 Å². The third-order valence-corrected chi connectivity index (χ3v) is 7.40. The predicted molar refractivity (Wildman–Crippen MR) is 119 cm³/mol. The van der Waals surface area contributed by atoms with Gasteiger partial charge in [-0.05, 0) is 35.2 Å². The van der Waals surface area contributed by atoms with E-state index in [0.29, 0.717) is 30.2 Å². The van der Waals surface area contributed by atoms with Gasteiger partial charge in [0.05, 0.1) is 19.1 Å². The summed E-state index contributed by atoms with van der Waals surface area (Å²) in [7, 11) is -0.547. The highest BCUT2D eigenvalue weighted by molar-refractivity contribution is 7.89. The monoisotopic (exact) mass is 446 g/mol. The lowest BCUT2D eigenvalue weighted by Gasteiger charge is -2.34. The normalized spacial score (nSPS) is 15.6. The molecule has 1 aliphatic rings. The first-order chi connectivity index (χ1) is 14.6. The highest BCUT2D eigenvalue weighted by Crippen LogP contribution is 2.26. The summed E-state index contributed by atoms with van der Waals surface area (Å²) >= 11 is 0. The number of hydrogen-bond acceptors (Lipinski definition) is 5. The number of hydrogen-bond donors (Lipinski definition) is 0. The van der Waals surface area contributed by atoms with Crippen molar-refractivity contribution in [3.05, 3.63) is 53.6 Å². The summed E-state index contributed by atoms with van der Waals surface area (Å²) in [6.45, 7) is 7.39. The Morgan fingerprint density at radius 2 is 1.39 bits per heavy atom. The lowest BCUT2D eigenvalue weighted by molar-refractivity contribution is 0.0697. The van der Waals surface area contributed by atoms with Crippen LogP contribution in [0.1, 0.15) is 36.7 Å². The first-order valence-corrected chi connectivity index (χ1v) is 11.6. The van der Waals surface area contributed by atoms with Gasteiger partial charge in [0.15, 0.2) is 0 Å². The maximum atomic E-state index is 13.1. The second kappa shape index (κ2) is 8.88. The number of piperazine rings is 1. The Morgan fingerprint density at radius 3 is 1.84 bits per heavy atom. The first kappa shape index (κ1) is 23.1. The predicted octanol–water partition coefficient (Wildman–Crippen LogP) is 3.15. The Morgan fingerprint density at radius 1 is 0.871 bits per heavy atom. The molecule has 1 saturated heterocycles. The Balaban J connectivity index is 1.71. The van der Waals surface area contributed by atoms with Gasteiger partial charge in [-0.3, -0.25) is 4.79 Å². The van der Waals surface area contributed by atoms with Gasteiger partial charge in [0.1, 0.15) is 11.5 Å². The van der Waals surface area contributed by atoms with Crippen LogP contribution in [0.15, 0.2) is 47.4 Å². The molecular formula is C23H30N2O5S. The van der Waals surface area contributed by atoms with Crippen molar-refractivity contribution in [1.29, 1.82) is 0 Å². The SMILES string of the molecule is COc1cc(OC)cc(C(=O)N2CCN(S(=O)(=O)c3ccc(C(C)(C)C)cc3)CC2)c1. The van der Waals surface area contributed by atoms with E-state index in [1.54, 1.807) is 35.2 Å². The third kappa shape index (κ3) is 5.02. The lowest BCUT2D eigenvalue weighted by atomic mass is 9.87. The Hall–Kier alpha value is -2.58. The minimum atomic E-state index is -3.60. The summed E-state index contributed by atoms with van der Waals surface area (Å²) < 4.78 is 38.0. The molecule has 0 unspecified atom stereocenters. The van der Waals surface area contributed by atoms with Gasteiger partial charge in [-0.15, -0.1) is 0 Å². The van der Waals surface area contributed by atoms with Crippen molar-refractivity contribution in [1.82, 2.24) is 9.21 Å². The van der Waals surface area contributed by atoms with Gasteiger partial charge < -0.3 is 14.4 Å². The van der Waals surface area contributed by atoms with Gasteiger partial charge in [0.2, 0.25) is 10.0 Å².